The van der Waals surface area contributed by atoms with Crippen LogP contribution in [0.2, 0.25) is 0 Å². The van der Waals surface area contributed by atoms with E-state index in [2.05, 4.69) is 53.2 Å². The number of carbonyl (C=O) groups excluding carboxylic acids is 11. The number of fused-ring (bicyclic) bond motifs is 6. The Morgan fingerprint density at radius 1 is 0.706 bits per heavy atom. The number of nitrogens with two attached hydrogens (primary N) is 2. The van der Waals surface area contributed by atoms with E-state index in [0.29, 0.717) is 22.4 Å². The molecule has 0 saturated carbocycles. The number of nitro groups is 1. The molecule has 4 aromatic rings. The number of nitrogens with zero attached hydrogens (tertiary/aromatic N) is 1. The van der Waals surface area contributed by atoms with E-state index >= 15 is 0 Å². The van der Waals surface area contributed by atoms with Gasteiger partial charge in [-0.05, 0) is 99.6 Å². The molecular weight excluding hydrogens is 1360 g/mol. The Hall–Kier alpha value is -12.0. The van der Waals surface area contributed by atoms with Gasteiger partial charge in [-0.25, -0.2) is 4.79 Å². The van der Waals surface area contributed by atoms with Gasteiger partial charge in [-0.1, -0.05) is 37.5 Å². The number of thiocarbonyl (C=S) groups is 1. The topological polar surface area (TPSA) is 574 Å². The molecule has 8 atom stereocenters. The second-order valence-corrected chi connectivity index (χ2v) is 24.7. The van der Waals surface area contributed by atoms with E-state index in [1.807, 2.05) is 0 Å². The summed E-state index contributed by atoms with van der Waals surface area (Å²) in [5, 5.41) is 86.3. The summed E-state index contributed by atoms with van der Waals surface area (Å²) in [4.78, 5) is 196. The molecule has 0 unspecified atom stereocenters. The molecular formula is C65H75N13O23S. The number of ether oxygens (including phenoxy) is 2. The highest BCUT2D eigenvalue weighted by molar-refractivity contribution is 7.80. The number of nitrogens with one attached hydrogen (secondary N) is 10. The minimum atomic E-state index is -2.36. The van der Waals surface area contributed by atoms with Crippen molar-refractivity contribution in [2.45, 2.75) is 151 Å². The predicted octanol–water partition coefficient (Wildman–Crippen LogP) is -0.443. The van der Waals surface area contributed by atoms with E-state index in [9.17, 15) is 103 Å². The van der Waals surface area contributed by atoms with Crippen LogP contribution in [0.25, 0.3) is 0 Å². The van der Waals surface area contributed by atoms with Crippen molar-refractivity contribution in [1.29, 1.82) is 0 Å². The molecule has 3 aliphatic heterocycles. The molecule has 0 aromatic heterocycles. The number of anilines is 1. The summed E-state index contributed by atoms with van der Waals surface area (Å²) in [6, 6.07) is 4.61. The molecule has 544 valence electrons. The zero-order valence-electron chi connectivity index (χ0n) is 54.7. The highest BCUT2D eigenvalue weighted by Crippen LogP contribution is 2.57. The van der Waals surface area contributed by atoms with E-state index in [1.165, 1.54) is 42.5 Å². The van der Waals surface area contributed by atoms with Crippen molar-refractivity contribution in [3.63, 3.8) is 0 Å². The summed E-state index contributed by atoms with van der Waals surface area (Å²) in [7, 11) is 0. The molecule has 7 rings (SSSR count). The van der Waals surface area contributed by atoms with E-state index in [0.717, 1.165) is 26.0 Å². The lowest BCUT2D eigenvalue weighted by atomic mass is 9.77. The summed E-state index contributed by atoms with van der Waals surface area (Å²) < 4.78 is 12.1. The van der Waals surface area contributed by atoms with Gasteiger partial charge in [-0.3, -0.25) is 72.4 Å². The molecule has 0 bridgehead atoms. The quantitative estimate of drug-likeness (QED) is 0.00855. The number of phenols is 2. The smallest absolute Gasteiger partial charge is 0.340 e. The summed E-state index contributed by atoms with van der Waals surface area (Å²) in [5.74, 6) is -19.2. The monoisotopic (exact) mass is 1440 g/mol. The Kier molecular flexibility index (Phi) is 26.2. The zero-order chi connectivity index (χ0) is 74.9. The number of nitro benzene ring substituents is 1. The van der Waals surface area contributed by atoms with Gasteiger partial charge in [0.2, 0.25) is 59.1 Å². The van der Waals surface area contributed by atoms with Gasteiger partial charge in [-0.15, -0.1) is 0 Å². The average Bonchev–Trinajstić information content (AvgIpc) is 1.49. The fourth-order valence-electron chi connectivity index (χ4n) is 11.5. The van der Waals surface area contributed by atoms with Crippen molar-refractivity contribution < 1.29 is 107 Å². The van der Waals surface area contributed by atoms with Crippen molar-refractivity contribution in [3.05, 3.63) is 117 Å². The molecule has 4 aromatic carbocycles. The van der Waals surface area contributed by atoms with Crippen molar-refractivity contribution in [2.24, 2.45) is 17.4 Å². The maximum absolute atomic E-state index is 14.4. The molecule has 102 heavy (non-hydrogen) atoms. The molecule has 3 heterocycles. The third-order valence-corrected chi connectivity index (χ3v) is 17.0. The van der Waals surface area contributed by atoms with Crippen LogP contribution in [-0.4, -0.2) is 173 Å². The molecule has 37 heteroatoms. The number of phenolic OH excluding ortho intramolecular Hbond substituents is 2. The Morgan fingerprint density at radius 2 is 1.30 bits per heavy atom. The number of carboxylic acids is 3. The highest BCUT2D eigenvalue weighted by atomic mass is 32.1. The number of hydrogen-bond donors (Lipinski definition) is 17. The van der Waals surface area contributed by atoms with Gasteiger partial charge in [0.05, 0.1) is 16.9 Å². The molecule has 0 radical (unpaired) electrons. The number of aromatic hydroxyl groups is 2. The first-order valence-electron chi connectivity index (χ1n) is 31.9. The van der Waals surface area contributed by atoms with Crippen molar-refractivity contribution >= 4 is 112 Å². The number of unbranched alkanes of at least 4 members (excludes halogenated alkanes) is 1. The number of rotatable bonds is 28. The van der Waals surface area contributed by atoms with Crippen LogP contribution in [0.15, 0.2) is 78.9 Å². The van der Waals surface area contributed by atoms with E-state index in [1.54, 1.807) is 24.3 Å². The summed E-state index contributed by atoms with van der Waals surface area (Å²) in [6.07, 6.45) is -3.20. The second-order valence-electron chi connectivity index (χ2n) is 24.3. The molecule has 10 amide bonds. The Bertz CT molecular complexity index is 3920. The minimum absolute atomic E-state index is 0.0240. The molecule has 3 aliphatic rings. The Balaban J connectivity index is 0.995. The van der Waals surface area contributed by atoms with Crippen LogP contribution in [0, 0.1) is 16.0 Å². The van der Waals surface area contributed by atoms with Gasteiger partial charge in [-0.2, -0.15) is 0 Å². The predicted molar refractivity (Wildman–Crippen MR) is 356 cm³/mol. The van der Waals surface area contributed by atoms with Crippen LogP contribution < -0.4 is 69.4 Å². The average molecular weight is 1440 g/mol. The maximum atomic E-state index is 14.4. The number of hydrogen-bond acceptors (Lipinski definition) is 21. The molecule has 0 aliphatic carbocycles. The van der Waals surface area contributed by atoms with Gasteiger partial charge < -0.3 is 99.6 Å². The van der Waals surface area contributed by atoms with Gasteiger partial charge in [0.15, 0.2) is 16.6 Å². The summed E-state index contributed by atoms with van der Waals surface area (Å²) >= 11 is 5.50. The molecule has 1 fully saturated rings. The lowest BCUT2D eigenvalue weighted by Gasteiger charge is -2.36. The number of amides is 10. The third kappa shape index (κ3) is 20.3. The van der Waals surface area contributed by atoms with Crippen LogP contribution in [-0.2, 0) is 79.1 Å². The first-order chi connectivity index (χ1) is 48.2. The van der Waals surface area contributed by atoms with Crippen LogP contribution in [0.5, 0.6) is 23.0 Å². The number of benzene rings is 4. The number of primary amides is 2. The lowest BCUT2D eigenvalue weighted by Crippen LogP contribution is -2.60. The van der Waals surface area contributed by atoms with Crippen molar-refractivity contribution in [2.75, 3.05) is 11.9 Å². The fraction of sp³-hybridized carbons (Fsp3) is 0.400. The summed E-state index contributed by atoms with van der Waals surface area (Å²) in [5.41, 5.74) is 11.2. The number of non-ortho nitro benzene ring substituents is 1. The van der Waals surface area contributed by atoms with Crippen LogP contribution in [0.4, 0.5) is 11.4 Å². The van der Waals surface area contributed by atoms with Crippen LogP contribution in [0.3, 0.4) is 0 Å². The lowest BCUT2D eigenvalue weighted by molar-refractivity contribution is -0.384. The van der Waals surface area contributed by atoms with Gasteiger partial charge in [0.25, 0.3) is 5.69 Å². The van der Waals surface area contributed by atoms with Gasteiger partial charge >= 0.3 is 23.9 Å². The molecule has 1 saturated heterocycles. The Morgan fingerprint density at radius 3 is 1.90 bits per heavy atom. The highest BCUT2D eigenvalue weighted by Gasteiger charge is 2.54. The molecule has 1 spiro atoms. The molecule has 36 nitrogen and oxygen atoms in total. The van der Waals surface area contributed by atoms with Gasteiger partial charge in [0, 0.05) is 79.4 Å². The number of carboxylic acid groups (broad SMARTS) is 3. The van der Waals surface area contributed by atoms with Crippen molar-refractivity contribution in [3.8, 4) is 23.0 Å². The Labute approximate surface area is 584 Å². The molecule has 19 N–H and O–H groups in total. The fourth-order valence-corrected chi connectivity index (χ4v) is 11.7. The first-order valence-corrected chi connectivity index (χ1v) is 32.3. The first kappa shape index (κ1) is 77.3. The number of esters is 1. The number of aliphatic carboxylic acids is 3. The summed E-state index contributed by atoms with van der Waals surface area (Å²) in [6.45, 7) is 2.30. The van der Waals surface area contributed by atoms with E-state index in [-0.39, 0.29) is 103 Å². The zero-order valence-corrected chi connectivity index (χ0v) is 55.5. The maximum Gasteiger partial charge on any atom is 0.340 e. The largest absolute Gasteiger partial charge is 0.508 e. The standard InChI is InChI=1S/C65H75N13O23S/c1-30(69-58(90)48(29-52(83)84)77-56(88)44-10-5-3-4-9-43(70-31(2)79)55(87)74-45(21-22-51(66)82)57(89)76-46(59(91)73-44)24-32-11-14-34(15-12-32)78(98)99)54(86)75-47(28-38(61(93)94)62(95)96)60(92)72-42(53(67)85)8-6-7-23-68-64(102)71-33-13-18-39-37(25-33)63(97)101-65(39)40-19-16-35(80)26-49(40)100-50-27-36(81)17-20-41(50)65/h11-20,25-27,30,38,42-48,80-81H,3-10,21-24,28-29H2,1-2H3,(H2,66,82)(H2,67,85)(H,69,90)(H,70,79)(H,72,92)(H,73,91)(H,74,87)(H,75,86)(H,76,89)(H,77,88)(H,83,84)(H,93,94)(H,95,96)(H2,68,71,102)/t30-,42-,43-,44-,45-,46-,47-,48-/m0/s1. The number of carbonyl (C=O) groups is 14. The van der Waals surface area contributed by atoms with Crippen LogP contribution in [0.1, 0.15) is 124 Å². The van der Waals surface area contributed by atoms with Crippen LogP contribution >= 0.6 is 12.2 Å². The second kappa shape index (κ2) is 34.6. The SMILES string of the molecule is CC(=O)N[C@H]1CCCCC[C@@H](C(=O)N[C@@H](CC(=O)O)C(=O)N[C@@H](C)C(=O)N[C@@H](CC(C(=O)O)C(=O)O)C(=O)N[C@@H](CCCCNC(=S)Nc2ccc3c(c2)C(=O)OC32c3ccc(O)cc3Oc3cc(O)ccc32)C(N)=O)NC(=O)[C@H](Cc2ccc([N+](=O)[O-])cc2)NC(=O)[C@H](CCC(N)=O)NC1=O. The van der Waals surface area contributed by atoms with Gasteiger partial charge in [0.1, 0.15) is 71.3 Å². The third-order valence-electron chi connectivity index (χ3n) is 16.7. The van der Waals surface area contributed by atoms with E-state index < -0.39 is 180 Å². The van der Waals surface area contributed by atoms with Crippen molar-refractivity contribution in [1.82, 2.24) is 47.9 Å². The normalized spacial score (nSPS) is 18.1. The minimum Gasteiger partial charge on any atom is -0.508 e. The van der Waals surface area contributed by atoms with E-state index in [4.69, 9.17) is 33.2 Å².